The van der Waals surface area contributed by atoms with E-state index in [4.69, 9.17) is 15.6 Å². The van der Waals surface area contributed by atoms with E-state index in [1.165, 1.54) is 5.56 Å². The van der Waals surface area contributed by atoms with Crippen LogP contribution in [0.4, 0.5) is 0 Å². The minimum atomic E-state index is 0.303. The van der Waals surface area contributed by atoms with Crippen molar-refractivity contribution in [2.24, 2.45) is 11.7 Å². The van der Waals surface area contributed by atoms with Crippen LogP contribution in [-0.2, 0) is 4.74 Å². The van der Waals surface area contributed by atoms with Gasteiger partial charge >= 0.3 is 0 Å². The molecule has 1 saturated heterocycles. The van der Waals surface area contributed by atoms with Gasteiger partial charge in [0.15, 0.2) is 0 Å². The topological polar surface area (TPSA) is 55.5 Å². The number of rotatable bonds is 2. The number of aromatic hydroxyl groups is 1. The van der Waals surface area contributed by atoms with E-state index in [0.717, 1.165) is 13.2 Å². The second-order valence-corrected chi connectivity index (χ2v) is 3.73. The molecular formula is C11H15NO2. The normalized spacial score (nSPS) is 26.6. The molecule has 3 nitrogen and oxygen atoms in total. The summed E-state index contributed by atoms with van der Waals surface area (Å²) in [6.07, 6.45) is 0. The van der Waals surface area contributed by atoms with Crippen LogP contribution < -0.4 is 5.73 Å². The van der Waals surface area contributed by atoms with E-state index < -0.39 is 0 Å². The minimum Gasteiger partial charge on any atom is -0.508 e. The Morgan fingerprint density at radius 2 is 2.00 bits per heavy atom. The van der Waals surface area contributed by atoms with Crippen molar-refractivity contribution in [1.82, 2.24) is 0 Å². The van der Waals surface area contributed by atoms with Crippen molar-refractivity contribution in [1.29, 1.82) is 0 Å². The molecule has 76 valence electrons. The van der Waals surface area contributed by atoms with E-state index in [-0.39, 0.29) is 0 Å². The lowest BCUT2D eigenvalue weighted by molar-refractivity contribution is 0.185. The standard InChI is InChI=1S/C11H15NO2/c12-5-9-6-14-7-11(9)8-1-3-10(13)4-2-8/h1-4,9,11,13H,5-7,12H2. The predicted octanol–water partition coefficient (Wildman–Crippen LogP) is 1.08. The van der Waals surface area contributed by atoms with Gasteiger partial charge in [-0.05, 0) is 24.2 Å². The van der Waals surface area contributed by atoms with Crippen LogP contribution >= 0.6 is 0 Å². The monoisotopic (exact) mass is 193 g/mol. The Labute approximate surface area is 83.5 Å². The molecule has 1 aliphatic rings. The molecule has 1 aromatic rings. The van der Waals surface area contributed by atoms with Gasteiger partial charge in [0.05, 0.1) is 13.2 Å². The maximum Gasteiger partial charge on any atom is 0.115 e. The van der Waals surface area contributed by atoms with E-state index in [9.17, 15) is 0 Å². The molecule has 0 amide bonds. The number of ether oxygens (including phenoxy) is 1. The van der Waals surface area contributed by atoms with Crippen LogP contribution in [0.1, 0.15) is 11.5 Å². The Kier molecular flexibility index (Phi) is 2.70. The Morgan fingerprint density at radius 3 is 2.64 bits per heavy atom. The fourth-order valence-electron chi connectivity index (χ4n) is 1.92. The van der Waals surface area contributed by atoms with Crippen molar-refractivity contribution >= 4 is 0 Å². The summed E-state index contributed by atoms with van der Waals surface area (Å²) in [4.78, 5) is 0. The molecule has 1 heterocycles. The number of phenols is 1. The molecule has 0 saturated carbocycles. The van der Waals surface area contributed by atoms with E-state index in [0.29, 0.717) is 24.1 Å². The Bertz CT molecular complexity index is 297. The summed E-state index contributed by atoms with van der Waals surface area (Å²) in [6, 6.07) is 7.30. The molecule has 0 bridgehead atoms. The molecule has 0 aromatic heterocycles. The lowest BCUT2D eigenvalue weighted by atomic mass is 9.89. The Hall–Kier alpha value is -1.06. The second kappa shape index (κ2) is 3.98. The number of hydrogen-bond acceptors (Lipinski definition) is 3. The van der Waals surface area contributed by atoms with E-state index in [1.54, 1.807) is 12.1 Å². The van der Waals surface area contributed by atoms with Crippen LogP contribution in [0.5, 0.6) is 5.75 Å². The molecule has 14 heavy (non-hydrogen) atoms. The fraction of sp³-hybridized carbons (Fsp3) is 0.455. The number of benzene rings is 1. The molecule has 2 unspecified atom stereocenters. The van der Waals surface area contributed by atoms with Crippen molar-refractivity contribution in [3.63, 3.8) is 0 Å². The highest BCUT2D eigenvalue weighted by atomic mass is 16.5. The van der Waals surface area contributed by atoms with E-state index in [1.807, 2.05) is 12.1 Å². The summed E-state index contributed by atoms with van der Waals surface area (Å²) in [5.41, 5.74) is 6.87. The third kappa shape index (κ3) is 1.74. The Balaban J connectivity index is 2.17. The third-order valence-corrected chi connectivity index (χ3v) is 2.82. The first-order valence-corrected chi connectivity index (χ1v) is 4.88. The van der Waals surface area contributed by atoms with Crippen molar-refractivity contribution in [3.05, 3.63) is 29.8 Å². The van der Waals surface area contributed by atoms with Gasteiger partial charge in [-0.1, -0.05) is 12.1 Å². The zero-order chi connectivity index (χ0) is 9.97. The minimum absolute atomic E-state index is 0.303. The third-order valence-electron chi connectivity index (χ3n) is 2.82. The Morgan fingerprint density at radius 1 is 1.29 bits per heavy atom. The number of nitrogens with two attached hydrogens (primary N) is 1. The molecule has 3 N–H and O–H groups in total. The maximum atomic E-state index is 9.17. The lowest BCUT2D eigenvalue weighted by Gasteiger charge is -2.15. The van der Waals surface area contributed by atoms with Crippen molar-refractivity contribution < 1.29 is 9.84 Å². The molecule has 1 fully saturated rings. The molecule has 2 atom stereocenters. The molecule has 1 aromatic carbocycles. The molecule has 0 aliphatic carbocycles. The second-order valence-electron chi connectivity index (χ2n) is 3.73. The van der Waals surface area contributed by atoms with E-state index >= 15 is 0 Å². The number of phenolic OH excluding ortho intramolecular Hbond substituents is 1. The highest BCUT2D eigenvalue weighted by molar-refractivity contribution is 5.29. The van der Waals surface area contributed by atoms with Gasteiger partial charge in [0.25, 0.3) is 0 Å². The molecule has 1 aliphatic heterocycles. The van der Waals surface area contributed by atoms with Gasteiger partial charge in [0.1, 0.15) is 5.75 Å². The molecule has 3 heteroatoms. The van der Waals surface area contributed by atoms with Gasteiger partial charge in [-0.25, -0.2) is 0 Å². The first-order valence-electron chi connectivity index (χ1n) is 4.88. The summed E-state index contributed by atoms with van der Waals surface area (Å²) in [5.74, 6) is 1.11. The zero-order valence-corrected chi connectivity index (χ0v) is 8.02. The van der Waals surface area contributed by atoms with E-state index in [2.05, 4.69) is 0 Å². The highest BCUT2D eigenvalue weighted by Gasteiger charge is 2.28. The predicted molar refractivity (Wildman–Crippen MR) is 54.2 cm³/mol. The average molecular weight is 193 g/mol. The summed E-state index contributed by atoms with van der Waals surface area (Å²) in [6.45, 7) is 2.15. The largest absolute Gasteiger partial charge is 0.508 e. The molecule has 0 radical (unpaired) electrons. The fourth-order valence-corrected chi connectivity index (χ4v) is 1.92. The molecule has 0 spiro atoms. The van der Waals surface area contributed by atoms with Gasteiger partial charge < -0.3 is 15.6 Å². The van der Waals surface area contributed by atoms with Gasteiger partial charge in [-0.2, -0.15) is 0 Å². The SMILES string of the molecule is NCC1COCC1c1ccc(O)cc1. The van der Waals surface area contributed by atoms with Crippen LogP contribution in [0, 0.1) is 5.92 Å². The maximum absolute atomic E-state index is 9.17. The van der Waals surface area contributed by atoms with Crippen LogP contribution in [0.2, 0.25) is 0 Å². The number of hydrogen-bond donors (Lipinski definition) is 2. The molecular weight excluding hydrogens is 178 g/mol. The quantitative estimate of drug-likeness (QED) is 0.739. The zero-order valence-electron chi connectivity index (χ0n) is 8.02. The van der Waals surface area contributed by atoms with Gasteiger partial charge in [0.2, 0.25) is 0 Å². The summed E-state index contributed by atoms with van der Waals surface area (Å²) in [7, 11) is 0. The first-order chi connectivity index (χ1) is 6.81. The molecule has 2 rings (SSSR count). The lowest BCUT2D eigenvalue weighted by Crippen LogP contribution is -2.20. The first kappa shape index (κ1) is 9.49. The van der Waals surface area contributed by atoms with Crippen molar-refractivity contribution in [2.45, 2.75) is 5.92 Å². The van der Waals surface area contributed by atoms with Gasteiger partial charge in [-0.15, -0.1) is 0 Å². The van der Waals surface area contributed by atoms with Crippen LogP contribution in [0.15, 0.2) is 24.3 Å². The van der Waals surface area contributed by atoms with Crippen molar-refractivity contribution in [2.75, 3.05) is 19.8 Å². The summed E-state index contributed by atoms with van der Waals surface area (Å²) in [5, 5.41) is 9.17. The smallest absolute Gasteiger partial charge is 0.115 e. The highest BCUT2D eigenvalue weighted by Crippen LogP contribution is 2.30. The average Bonchev–Trinajstić information content (AvgIpc) is 2.67. The van der Waals surface area contributed by atoms with Crippen LogP contribution in [-0.4, -0.2) is 24.9 Å². The van der Waals surface area contributed by atoms with Gasteiger partial charge in [0, 0.05) is 11.8 Å². The summed E-state index contributed by atoms with van der Waals surface area (Å²) < 4.78 is 5.40. The van der Waals surface area contributed by atoms with Crippen LogP contribution in [0.25, 0.3) is 0 Å². The summed E-state index contributed by atoms with van der Waals surface area (Å²) >= 11 is 0. The van der Waals surface area contributed by atoms with Crippen molar-refractivity contribution in [3.8, 4) is 5.75 Å². The van der Waals surface area contributed by atoms with Crippen LogP contribution in [0.3, 0.4) is 0 Å². The van der Waals surface area contributed by atoms with Gasteiger partial charge in [-0.3, -0.25) is 0 Å².